The normalized spacial score (nSPS) is 29.5. The molecule has 1 saturated carbocycles. The molecule has 4 nitrogen and oxygen atoms in total. The van der Waals surface area contributed by atoms with E-state index < -0.39 is 0 Å². The minimum atomic E-state index is -0.0656. The van der Waals surface area contributed by atoms with E-state index in [4.69, 9.17) is 5.73 Å². The molecule has 5 heteroatoms. The summed E-state index contributed by atoms with van der Waals surface area (Å²) in [6.45, 7) is 8.39. The third-order valence-electron chi connectivity index (χ3n) is 4.02. The summed E-state index contributed by atoms with van der Waals surface area (Å²) < 4.78 is 0. The van der Waals surface area contributed by atoms with Gasteiger partial charge in [0.1, 0.15) is 4.88 Å². The molecular weight excluding hydrogens is 234 g/mol. The molecule has 1 aliphatic carbocycles. The maximum absolute atomic E-state index is 12.0. The fourth-order valence-electron chi connectivity index (χ4n) is 3.08. The molecule has 0 aromatic carbocycles. The first-order valence-corrected chi connectivity index (χ1v) is 6.61. The molecule has 1 fully saturated rings. The lowest BCUT2D eigenvalue weighted by Gasteiger charge is -2.62. The Morgan fingerprint density at radius 2 is 2.00 bits per heavy atom. The largest absolute Gasteiger partial charge is 0.347 e. The highest BCUT2D eigenvalue weighted by Crippen LogP contribution is 2.52. The Hall–Kier alpha value is -0.940. The molecule has 0 aliphatic heterocycles. The predicted octanol–water partition coefficient (Wildman–Crippen LogP) is 1.63. The van der Waals surface area contributed by atoms with Crippen LogP contribution in [-0.4, -0.2) is 23.0 Å². The van der Waals surface area contributed by atoms with Gasteiger partial charge in [-0.25, -0.2) is 0 Å². The van der Waals surface area contributed by atoms with Crippen LogP contribution in [0.15, 0.2) is 11.7 Å². The summed E-state index contributed by atoms with van der Waals surface area (Å²) in [6.07, 6.45) is 1.60. The van der Waals surface area contributed by atoms with Gasteiger partial charge in [-0.1, -0.05) is 27.7 Å². The number of hydrogen-bond acceptors (Lipinski definition) is 4. The fourth-order valence-corrected chi connectivity index (χ4v) is 3.61. The van der Waals surface area contributed by atoms with Crippen LogP contribution >= 0.6 is 11.3 Å². The molecule has 3 N–H and O–H groups in total. The summed E-state index contributed by atoms with van der Waals surface area (Å²) in [5, 5.41) is 3.08. The van der Waals surface area contributed by atoms with E-state index in [9.17, 15) is 4.79 Å². The molecule has 2 rings (SSSR count). The van der Waals surface area contributed by atoms with Crippen molar-refractivity contribution in [3.63, 3.8) is 0 Å². The molecule has 1 amide bonds. The Balaban J connectivity index is 2.12. The molecule has 17 heavy (non-hydrogen) atoms. The molecule has 1 aliphatic rings. The van der Waals surface area contributed by atoms with Gasteiger partial charge in [-0.05, 0) is 0 Å². The number of nitrogens with two attached hydrogens (primary N) is 1. The van der Waals surface area contributed by atoms with Crippen molar-refractivity contribution in [2.45, 2.75) is 39.8 Å². The Morgan fingerprint density at radius 3 is 2.47 bits per heavy atom. The zero-order chi connectivity index (χ0) is 12.8. The predicted molar refractivity (Wildman–Crippen MR) is 68.9 cm³/mol. The van der Waals surface area contributed by atoms with Crippen LogP contribution in [0.25, 0.3) is 0 Å². The molecule has 0 bridgehead atoms. The highest BCUT2D eigenvalue weighted by Gasteiger charge is 2.60. The van der Waals surface area contributed by atoms with Gasteiger partial charge in [0.2, 0.25) is 0 Å². The summed E-state index contributed by atoms with van der Waals surface area (Å²) in [5.41, 5.74) is 7.69. The van der Waals surface area contributed by atoms with Crippen molar-refractivity contribution in [1.82, 2.24) is 10.3 Å². The number of hydrogen-bond donors (Lipinski definition) is 2. The van der Waals surface area contributed by atoms with Crippen LogP contribution in [0.2, 0.25) is 0 Å². The second-order valence-corrected chi connectivity index (χ2v) is 6.78. The lowest BCUT2D eigenvalue weighted by atomic mass is 9.48. The first-order chi connectivity index (χ1) is 7.78. The second kappa shape index (κ2) is 3.78. The van der Waals surface area contributed by atoms with Crippen LogP contribution in [0.1, 0.15) is 37.4 Å². The molecule has 1 aromatic heterocycles. The zero-order valence-corrected chi connectivity index (χ0v) is 11.5. The summed E-state index contributed by atoms with van der Waals surface area (Å²) in [6, 6.07) is 0.196. The van der Waals surface area contributed by atoms with Gasteiger partial charge in [0.15, 0.2) is 0 Å². The van der Waals surface area contributed by atoms with E-state index in [1.165, 1.54) is 11.3 Å². The van der Waals surface area contributed by atoms with Crippen LogP contribution in [0.4, 0.5) is 0 Å². The van der Waals surface area contributed by atoms with Gasteiger partial charge in [-0.2, -0.15) is 0 Å². The van der Waals surface area contributed by atoms with Crippen molar-refractivity contribution in [3.05, 3.63) is 16.6 Å². The first-order valence-electron chi connectivity index (χ1n) is 5.73. The summed E-state index contributed by atoms with van der Waals surface area (Å²) in [4.78, 5) is 16.6. The van der Waals surface area contributed by atoms with Gasteiger partial charge < -0.3 is 11.1 Å². The molecule has 0 unspecified atom stereocenters. The summed E-state index contributed by atoms with van der Waals surface area (Å²) >= 11 is 1.35. The fraction of sp³-hybridized carbons (Fsp3) is 0.667. The van der Waals surface area contributed by atoms with Crippen molar-refractivity contribution in [3.8, 4) is 0 Å². The van der Waals surface area contributed by atoms with E-state index in [1.54, 1.807) is 11.7 Å². The number of thiazole rings is 1. The first kappa shape index (κ1) is 12.5. The smallest absolute Gasteiger partial charge is 0.263 e. The molecule has 0 atom stereocenters. The number of nitrogens with one attached hydrogen (secondary N) is 1. The van der Waals surface area contributed by atoms with Crippen LogP contribution in [0.3, 0.4) is 0 Å². The molecule has 1 aromatic rings. The second-order valence-electron chi connectivity index (χ2n) is 5.89. The van der Waals surface area contributed by atoms with Gasteiger partial charge in [0.05, 0.1) is 11.7 Å². The SMILES string of the molecule is CC1(C)C(N)C(C)(C)C1NC(=O)c1cncs1. The van der Waals surface area contributed by atoms with Gasteiger partial charge in [-0.15, -0.1) is 11.3 Å². The van der Waals surface area contributed by atoms with E-state index >= 15 is 0 Å². The monoisotopic (exact) mass is 253 g/mol. The highest BCUT2D eigenvalue weighted by molar-refractivity contribution is 7.11. The number of carbonyl (C=O) groups excluding carboxylic acids is 1. The van der Waals surface area contributed by atoms with Crippen molar-refractivity contribution in [2.24, 2.45) is 16.6 Å². The average Bonchev–Trinajstić information content (AvgIpc) is 2.77. The third-order valence-corrected chi connectivity index (χ3v) is 4.79. The third kappa shape index (κ3) is 1.77. The summed E-state index contributed by atoms with van der Waals surface area (Å²) in [5.74, 6) is -0.0504. The number of carbonyl (C=O) groups is 1. The lowest BCUT2D eigenvalue weighted by molar-refractivity contribution is -0.0663. The van der Waals surface area contributed by atoms with Crippen molar-refractivity contribution in [2.75, 3.05) is 0 Å². The molecular formula is C12H19N3OS. The van der Waals surface area contributed by atoms with Gasteiger partial charge in [-0.3, -0.25) is 9.78 Å². The Kier molecular flexibility index (Phi) is 2.78. The summed E-state index contributed by atoms with van der Waals surface area (Å²) in [7, 11) is 0. The molecule has 0 spiro atoms. The lowest BCUT2D eigenvalue weighted by Crippen LogP contribution is -2.76. The quantitative estimate of drug-likeness (QED) is 0.842. The van der Waals surface area contributed by atoms with Gasteiger partial charge in [0, 0.05) is 22.9 Å². The van der Waals surface area contributed by atoms with E-state index in [2.05, 4.69) is 38.0 Å². The number of nitrogens with zero attached hydrogens (tertiary/aromatic N) is 1. The van der Waals surface area contributed by atoms with Crippen LogP contribution in [-0.2, 0) is 0 Å². The van der Waals surface area contributed by atoms with E-state index in [-0.39, 0.29) is 28.8 Å². The highest BCUT2D eigenvalue weighted by atomic mass is 32.1. The Morgan fingerprint density at radius 1 is 1.41 bits per heavy atom. The number of aromatic nitrogens is 1. The van der Waals surface area contributed by atoms with Crippen LogP contribution < -0.4 is 11.1 Å². The van der Waals surface area contributed by atoms with E-state index in [0.29, 0.717) is 4.88 Å². The minimum Gasteiger partial charge on any atom is -0.347 e. The van der Waals surface area contributed by atoms with Crippen molar-refractivity contribution < 1.29 is 4.79 Å². The topological polar surface area (TPSA) is 68.0 Å². The Bertz CT molecular complexity index is 409. The average molecular weight is 253 g/mol. The molecule has 94 valence electrons. The standard InChI is InChI=1S/C12H19N3OS/c1-11(2)9(13)12(3,4)10(11)15-8(16)7-5-14-6-17-7/h5-6,9-10H,13H2,1-4H3,(H,15,16). The molecule has 0 saturated heterocycles. The maximum atomic E-state index is 12.0. The van der Waals surface area contributed by atoms with Crippen LogP contribution in [0, 0.1) is 10.8 Å². The minimum absolute atomic E-state index is 0.0504. The van der Waals surface area contributed by atoms with Crippen molar-refractivity contribution >= 4 is 17.2 Å². The zero-order valence-electron chi connectivity index (χ0n) is 10.7. The van der Waals surface area contributed by atoms with E-state index in [1.807, 2.05) is 0 Å². The maximum Gasteiger partial charge on any atom is 0.263 e. The van der Waals surface area contributed by atoms with Gasteiger partial charge in [0.25, 0.3) is 5.91 Å². The van der Waals surface area contributed by atoms with Crippen molar-refractivity contribution in [1.29, 1.82) is 0 Å². The Labute approximate surface area is 106 Å². The van der Waals surface area contributed by atoms with Crippen LogP contribution in [0.5, 0.6) is 0 Å². The molecule has 1 heterocycles. The van der Waals surface area contributed by atoms with Gasteiger partial charge >= 0.3 is 0 Å². The molecule has 0 radical (unpaired) electrons. The van der Waals surface area contributed by atoms with E-state index in [0.717, 1.165) is 0 Å². The number of amides is 1. The number of rotatable bonds is 2.